The zero-order valence-electron chi connectivity index (χ0n) is 13.3. The molecule has 1 heterocycles. The van der Waals surface area contributed by atoms with Gasteiger partial charge in [-0.05, 0) is 29.8 Å². The molecule has 2 aromatic carbocycles. The lowest BCUT2D eigenvalue weighted by Gasteiger charge is -2.13. The predicted octanol–water partition coefficient (Wildman–Crippen LogP) is 3.62. The van der Waals surface area contributed by atoms with Crippen LogP contribution in [0.2, 0.25) is 0 Å². The molecule has 0 spiro atoms. The van der Waals surface area contributed by atoms with Gasteiger partial charge in [0.1, 0.15) is 5.82 Å². The van der Waals surface area contributed by atoms with Crippen molar-refractivity contribution < 1.29 is 21.6 Å². The Labute approximate surface area is 148 Å². The Balaban J connectivity index is 1.81. The molecular weight excluding hydrogens is 367 g/mol. The van der Waals surface area contributed by atoms with Gasteiger partial charge in [-0.1, -0.05) is 18.2 Å². The Morgan fingerprint density at radius 2 is 1.92 bits per heavy atom. The Kier molecular flexibility index (Phi) is 4.99. The van der Waals surface area contributed by atoms with E-state index < -0.39 is 26.3 Å². The molecule has 3 aromatic rings. The first-order valence-corrected chi connectivity index (χ1v) is 9.06. The highest BCUT2D eigenvalue weighted by atomic mass is 32.2. The summed E-state index contributed by atoms with van der Waals surface area (Å²) < 4.78 is 64.8. The minimum Gasteiger partial charge on any atom is -0.380 e. The second-order valence-corrected chi connectivity index (χ2v) is 7.30. The molecule has 0 aliphatic rings. The molecule has 1 N–H and O–H groups in total. The molecule has 0 fully saturated rings. The lowest BCUT2D eigenvalue weighted by atomic mass is 10.2. The third kappa shape index (κ3) is 3.57. The normalized spacial score (nSPS) is 11.7. The van der Waals surface area contributed by atoms with Gasteiger partial charge in [0.2, 0.25) is 9.84 Å². The molecule has 5 nitrogen and oxygen atoms in total. The van der Waals surface area contributed by atoms with Crippen LogP contribution in [-0.2, 0) is 16.4 Å². The number of aromatic nitrogens is 2. The van der Waals surface area contributed by atoms with Crippen LogP contribution in [0, 0.1) is 5.82 Å². The third-order valence-corrected chi connectivity index (χ3v) is 5.14. The van der Waals surface area contributed by atoms with E-state index in [0.29, 0.717) is 11.3 Å². The summed E-state index contributed by atoms with van der Waals surface area (Å²) in [6.45, 7) is 0.0664. The average Bonchev–Trinajstić information content (AvgIpc) is 3.14. The van der Waals surface area contributed by atoms with Gasteiger partial charge in [-0.2, -0.15) is 8.78 Å². The van der Waals surface area contributed by atoms with Crippen molar-refractivity contribution in [1.82, 2.24) is 9.55 Å². The third-order valence-electron chi connectivity index (χ3n) is 3.71. The predicted molar refractivity (Wildman–Crippen MR) is 90.5 cm³/mol. The fraction of sp³-hybridized carbons (Fsp3) is 0.118. The van der Waals surface area contributed by atoms with Crippen molar-refractivity contribution in [1.29, 1.82) is 0 Å². The van der Waals surface area contributed by atoms with Crippen LogP contribution in [0.3, 0.4) is 0 Å². The number of hydrogen-bond acceptors (Lipinski definition) is 4. The summed E-state index contributed by atoms with van der Waals surface area (Å²) in [5.41, 5.74) is 0.870. The maximum absolute atomic E-state index is 14.2. The second kappa shape index (κ2) is 7.20. The second-order valence-electron chi connectivity index (χ2n) is 5.41. The van der Waals surface area contributed by atoms with Gasteiger partial charge in [-0.25, -0.2) is 17.8 Å². The number of anilines is 1. The van der Waals surface area contributed by atoms with E-state index in [0.717, 1.165) is 6.07 Å². The number of imidazole rings is 1. The number of para-hydroxylation sites is 1. The van der Waals surface area contributed by atoms with Crippen molar-refractivity contribution in [2.24, 2.45) is 0 Å². The van der Waals surface area contributed by atoms with Crippen LogP contribution >= 0.6 is 0 Å². The monoisotopic (exact) mass is 381 g/mol. The fourth-order valence-electron chi connectivity index (χ4n) is 2.43. The number of rotatable bonds is 6. The number of benzene rings is 2. The van der Waals surface area contributed by atoms with E-state index in [1.165, 1.54) is 41.4 Å². The lowest BCUT2D eigenvalue weighted by molar-refractivity contribution is 0.235. The molecule has 0 aliphatic heterocycles. The van der Waals surface area contributed by atoms with E-state index in [9.17, 15) is 21.6 Å². The Bertz CT molecular complexity index is 1010. The van der Waals surface area contributed by atoms with Crippen LogP contribution in [0.4, 0.5) is 18.9 Å². The van der Waals surface area contributed by atoms with Crippen LogP contribution in [0.25, 0.3) is 5.69 Å². The fourth-order valence-corrected chi connectivity index (χ4v) is 3.33. The number of nitrogens with zero attached hydrogens (tertiary/aromatic N) is 2. The topological polar surface area (TPSA) is 64.0 Å². The largest absolute Gasteiger partial charge is 0.380 e. The van der Waals surface area contributed by atoms with Crippen LogP contribution in [0.1, 0.15) is 5.56 Å². The van der Waals surface area contributed by atoms with Crippen LogP contribution in [-0.4, -0.2) is 23.7 Å². The summed E-state index contributed by atoms with van der Waals surface area (Å²) in [7, 11) is -4.74. The van der Waals surface area contributed by atoms with Crippen molar-refractivity contribution in [3.8, 4) is 5.69 Å². The van der Waals surface area contributed by atoms with Crippen molar-refractivity contribution in [2.75, 3.05) is 5.32 Å². The van der Waals surface area contributed by atoms with E-state index in [2.05, 4.69) is 10.3 Å². The number of halogens is 3. The van der Waals surface area contributed by atoms with Gasteiger partial charge in [0.15, 0.2) is 0 Å². The van der Waals surface area contributed by atoms with E-state index in [1.54, 1.807) is 18.3 Å². The Morgan fingerprint density at radius 1 is 1.15 bits per heavy atom. The maximum Gasteiger partial charge on any atom is 0.341 e. The zero-order valence-corrected chi connectivity index (χ0v) is 14.1. The molecule has 26 heavy (non-hydrogen) atoms. The molecule has 0 saturated carbocycles. The molecule has 9 heteroatoms. The van der Waals surface area contributed by atoms with Gasteiger partial charge in [-0.15, -0.1) is 0 Å². The number of alkyl halides is 2. The quantitative estimate of drug-likeness (QED) is 0.708. The van der Waals surface area contributed by atoms with Crippen molar-refractivity contribution in [3.05, 3.63) is 72.6 Å². The molecule has 0 unspecified atom stereocenters. The average molecular weight is 381 g/mol. The molecule has 0 bridgehead atoms. The lowest BCUT2D eigenvalue weighted by Crippen LogP contribution is -2.14. The Morgan fingerprint density at radius 3 is 2.58 bits per heavy atom. The first kappa shape index (κ1) is 18.0. The van der Waals surface area contributed by atoms with Crippen LogP contribution in [0.15, 0.2) is 66.1 Å². The molecule has 0 atom stereocenters. The van der Waals surface area contributed by atoms with Gasteiger partial charge in [0.25, 0.3) is 0 Å². The van der Waals surface area contributed by atoms with Gasteiger partial charge in [0.05, 0.1) is 22.6 Å². The summed E-state index contributed by atoms with van der Waals surface area (Å²) in [4.78, 5) is 3.36. The Hall–Kier alpha value is -2.81. The number of sulfone groups is 1. The van der Waals surface area contributed by atoms with Gasteiger partial charge in [0, 0.05) is 18.9 Å². The van der Waals surface area contributed by atoms with E-state index >= 15 is 0 Å². The molecular formula is C17H14F3N3O2S. The summed E-state index contributed by atoms with van der Waals surface area (Å²) in [5, 5.41) is 2.77. The van der Waals surface area contributed by atoms with Gasteiger partial charge in [-0.3, -0.25) is 0 Å². The highest BCUT2D eigenvalue weighted by molar-refractivity contribution is 7.91. The highest BCUT2D eigenvalue weighted by Gasteiger charge is 2.28. The van der Waals surface area contributed by atoms with Crippen molar-refractivity contribution in [2.45, 2.75) is 17.2 Å². The maximum atomic E-state index is 14.2. The minimum atomic E-state index is -4.74. The first-order chi connectivity index (χ1) is 12.4. The van der Waals surface area contributed by atoms with E-state index in [4.69, 9.17) is 0 Å². The van der Waals surface area contributed by atoms with Crippen molar-refractivity contribution >= 4 is 15.5 Å². The van der Waals surface area contributed by atoms with Crippen LogP contribution in [0.5, 0.6) is 0 Å². The first-order valence-electron chi connectivity index (χ1n) is 7.51. The number of hydrogen-bond donors (Lipinski definition) is 1. The SMILES string of the molecule is O=S(=O)(c1ccccc1NCc1ccc(-n2ccnc2)c(F)c1)C(F)F. The van der Waals surface area contributed by atoms with Crippen LogP contribution < -0.4 is 5.32 Å². The van der Waals surface area contributed by atoms with E-state index in [-0.39, 0.29) is 12.2 Å². The summed E-state index contributed by atoms with van der Waals surface area (Å²) >= 11 is 0. The molecule has 1 aromatic heterocycles. The number of nitrogens with one attached hydrogen (secondary N) is 1. The van der Waals surface area contributed by atoms with E-state index in [1.807, 2.05) is 0 Å². The standard InChI is InChI=1S/C17H14F3N3O2S/c18-13-9-12(5-6-15(13)23-8-7-21-11-23)10-22-14-3-1-2-4-16(14)26(24,25)17(19)20/h1-9,11,17,22H,10H2. The molecule has 0 aliphatic carbocycles. The molecule has 0 radical (unpaired) electrons. The highest BCUT2D eigenvalue weighted by Crippen LogP contribution is 2.26. The van der Waals surface area contributed by atoms with Gasteiger partial charge < -0.3 is 9.88 Å². The van der Waals surface area contributed by atoms with Crippen molar-refractivity contribution in [3.63, 3.8) is 0 Å². The summed E-state index contributed by atoms with van der Waals surface area (Å²) in [6.07, 6.45) is 4.58. The zero-order chi connectivity index (χ0) is 18.7. The minimum absolute atomic E-state index is 0.0342. The molecule has 0 amide bonds. The molecule has 136 valence electrons. The summed E-state index contributed by atoms with van der Waals surface area (Å²) in [6, 6.07) is 9.85. The smallest absolute Gasteiger partial charge is 0.341 e. The summed E-state index contributed by atoms with van der Waals surface area (Å²) in [5.74, 6) is -4.01. The molecule has 0 saturated heterocycles. The molecule has 3 rings (SSSR count). The van der Waals surface area contributed by atoms with Gasteiger partial charge >= 0.3 is 5.76 Å².